The summed E-state index contributed by atoms with van der Waals surface area (Å²) in [5.41, 5.74) is 1.58. The van der Waals surface area contributed by atoms with E-state index >= 15 is 0 Å². The second-order valence-electron chi connectivity index (χ2n) is 6.55. The van der Waals surface area contributed by atoms with Crippen molar-refractivity contribution < 1.29 is 14.3 Å². The van der Waals surface area contributed by atoms with Crippen molar-refractivity contribution in [3.05, 3.63) is 83.4 Å². The van der Waals surface area contributed by atoms with Crippen LogP contribution in [0.15, 0.2) is 66.7 Å². The van der Waals surface area contributed by atoms with Crippen LogP contribution in [0.2, 0.25) is 0 Å². The molecule has 0 N–H and O–H groups in total. The van der Waals surface area contributed by atoms with Crippen LogP contribution in [-0.4, -0.2) is 29.9 Å². The van der Waals surface area contributed by atoms with Crippen molar-refractivity contribution in [3.8, 4) is 0 Å². The zero-order valence-corrected chi connectivity index (χ0v) is 13.4. The summed E-state index contributed by atoms with van der Waals surface area (Å²) in [5, 5.41) is 1.67. The van der Waals surface area contributed by atoms with E-state index in [9.17, 15) is 9.59 Å². The average Bonchev–Trinajstić information content (AvgIpc) is 3.45. The standard InChI is InChI=1S/C21H15NO3/c23-19-16-10-4-6-14-7-5-11-17(18(14)16)20(24)22(19)12-21(13-25-21)15-8-2-1-3-9-15/h1-11H,12-13H2. The highest BCUT2D eigenvalue weighted by molar-refractivity contribution is 6.25. The van der Waals surface area contributed by atoms with Crippen molar-refractivity contribution in [2.24, 2.45) is 0 Å². The lowest BCUT2D eigenvalue weighted by atomic mass is 9.92. The Morgan fingerprint density at radius 1 is 0.840 bits per heavy atom. The smallest absolute Gasteiger partial charge is 0.261 e. The number of imide groups is 1. The molecule has 0 spiro atoms. The molecule has 0 aromatic heterocycles. The predicted octanol–water partition coefficient (Wildman–Crippen LogP) is 3.36. The van der Waals surface area contributed by atoms with Crippen LogP contribution in [0.5, 0.6) is 0 Å². The topological polar surface area (TPSA) is 49.9 Å². The van der Waals surface area contributed by atoms with Crippen molar-refractivity contribution in [1.29, 1.82) is 0 Å². The van der Waals surface area contributed by atoms with E-state index in [1.54, 1.807) is 12.1 Å². The van der Waals surface area contributed by atoms with Gasteiger partial charge in [0.25, 0.3) is 11.8 Å². The number of rotatable bonds is 3. The summed E-state index contributed by atoms with van der Waals surface area (Å²) in [6, 6.07) is 20.9. The van der Waals surface area contributed by atoms with E-state index in [1.807, 2.05) is 54.6 Å². The molecule has 4 heteroatoms. The Morgan fingerprint density at radius 3 is 2.00 bits per heavy atom. The Hall–Kier alpha value is -2.98. The molecule has 0 aliphatic carbocycles. The molecule has 2 amide bonds. The van der Waals surface area contributed by atoms with Gasteiger partial charge >= 0.3 is 0 Å². The first-order valence-corrected chi connectivity index (χ1v) is 8.27. The number of amides is 2. The van der Waals surface area contributed by atoms with Gasteiger partial charge in [-0.3, -0.25) is 14.5 Å². The summed E-state index contributed by atoms with van der Waals surface area (Å²) >= 11 is 0. The fourth-order valence-corrected chi connectivity index (χ4v) is 3.66. The number of nitrogens with zero attached hydrogens (tertiary/aromatic N) is 1. The number of hydrogen-bond donors (Lipinski definition) is 0. The third kappa shape index (κ3) is 2.04. The van der Waals surface area contributed by atoms with Crippen LogP contribution in [-0.2, 0) is 10.3 Å². The summed E-state index contributed by atoms with van der Waals surface area (Å²) < 4.78 is 5.70. The van der Waals surface area contributed by atoms with Crippen molar-refractivity contribution in [2.75, 3.05) is 13.2 Å². The van der Waals surface area contributed by atoms with E-state index in [0.717, 1.165) is 16.3 Å². The summed E-state index contributed by atoms with van der Waals surface area (Å²) in [6.45, 7) is 0.749. The minimum absolute atomic E-state index is 0.236. The lowest BCUT2D eigenvalue weighted by Crippen LogP contribution is -2.45. The van der Waals surface area contributed by atoms with Crippen molar-refractivity contribution in [3.63, 3.8) is 0 Å². The maximum absolute atomic E-state index is 13.0. The van der Waals surface area contributed by atoms with E-state index in [0.29, 0.717) is 17.7 Å². The molecule has 2 aliphatic heterocycles. The highest BCUT2D eigenvalue weighted by atomic mass is 16.6. The van der Waals surface area contributed by atoms with E-state index in [2.05, 4.69) is 0 Å². The molecule has 5 rings (SSSR count). The molecule has 25 heavy (non-hydrogen) atoms. The zero-order chi connectivity index (χ0) is 17.0. The fourth-order valence-electron chi connectivity index (χ4n) is 3.66. The largest absolute Gasteiger partial charge is 0.363 e. The molecule has 0 radical (unpaired) electrons. The van der Waals surface area contributed by atoms with Crippen LogP contribution in [0.3, 0.4) is 0 Å². The SMILES string of the molecule is O=C1c2cccc3cccc(c23)C(=O)N1CC1(c2ccccc2)CO1. The highest BCUT2D eigenvalue weighted by Crippen LogP contribution is 2.41. The van der Waals surface area contributed by atoms with E-state index in [4.69, 9.17) is 4.74 Å². The molecule has 2 aliphatic rings. The monoisotopic (exact) mass is 329 g/mol. The second-order valence-corrected chi connectivity index (χ2v) is 6.55. The third-order valence-corrected chi connectivity index (χ3v) is 5.06. The van der Waals surface area contributed by atoms with Crippen LogP contribution >= 0.6 is 0 Å². The molecule has 4 nitrogen and oxygen atoms in total. The number of epoxide rings is 1. The molecule has 1 saturated heterocycles. The van der Waals surface area contributed by atoms with Gasteiger partial charge in [-0.15, -0.1) is 0 Å². The van der Waals surface area contributed by atoms with Gasteiger partial charge in [0.1, 0.15) is 5.60 Å². The van der Waals surface area contributed by atoms with Gasteiger partial charge in [0.15, 0.2) is 0 Å². The van der Waals surface area contributed by atoms with Crippen LogP contribution in [0.25, 0.3) is 10.8 Å². The van der Waals surface area contributed by atoms with Gasteiger partial charge in [-0.2, -0.15) is 0 Å². The third-order valence-electron chi connectivity index (χ3n) is 5.06. The molecule has 1 fully saturated rings. The van der Waals surface area contributed by atoms with Crippen molar-refractivity contribution in [2.45, 2.75) is 5.60 Å². The molecular weight excluding hydrogens is 314 g/mol. The Bertz CT molecular complexity index is 971. The van der Waals surface area contributed by atoms with Crippen molar-refractivity contribution in [1.82, 2.24) is 4.90 Å². The van der Waals surface area contributed by atoms with E-state index < -0.39 is 5.60 Å². The summed E-state index contributed by atoms with van der Waals surface area (Å²) in [7, 11) is 0. The van der Waals surface area contributed by atoms with Gasteiger partial charge in [0.05, 0.1) is 13.2 Å². The first-order chi connectivity index (χ1) is 12.2. The fraction of sp³-hybridized carbons (Fsp3) is 0.143. The molecule has 1 unspecified atom stereocenters. The zero-order valence-electron chi connectivity index (χ0n) is 13.4. The lowest BCUT2D eigenvalue weighted by Gasteiger charge is -2.29. The first kappa shape index (κ1) is 14.4. The lowest BCUT2D eigenvalue weighted by molar-refractivity contribution is 0.0564. The normalized spacial score (nSPS) is 21.7. The quantitative estimate of drug-likeness (QED) is 0.547. The number of carbonyl (C=O) groups excluding carboxylic acids is 2. The van der Waals surface area contributed by atoms with Gasteiger partial charge in [0, 0.05) is 16.5 Å². The Labute approximate surface area is 144 Å². The molecule has 0 saturated carbocycles. The minimum Gasteiger partial charge on any atom is -0.363 e. The maximum Gasteiger partial charge on any atom is 0.261 e. The molecule has 2 heterocycles. The molecular formula is C21H15NO3. The van der Waals surface area contributed by atoms with Crippen LogP contribution < -0.4 is 0 Å². The Morgan fingerprint density at radius 2 is 1.44 bits per heavy atom. The average molecular weight is 329 g/mol. The maximum atomic E-state index is 13.0. The predicted molar refractivity (Wildman–Crippen MR) is 93.4 cm³/mol. The minimum atomic E-state index is -0.577. The Kier molecular flexibility index (Phi) is 2.88. The summed E-state index contributed by atoms with van der Waals surface area (Å²) in [4.78, 5) is 27.3. The number of carbonyl (C=O) groups is 2. The van der Waals surface area contributed by atoms with Gasteiger partial charge in [-0.05, 0) is 23.1 Å². The van der Waals surface area contributed by atoms with Gasteiger partial charge in [-0.1, -0.05) is 54.6 Å². The van der Waals surface area contributed by atoms with Crippen LogP contribution in [0.1, 0.15) is 26.3 Å². The van der Waals surface area contributed by atoms with Crippen LogP contribution in [0.4, 0.5) is 0 Å². The summed E-state index contributed by atoms with van der Waals surface area (Å²) in [5.74, 6) is -0.500. The highest BCUT2D eigenvalue weighted by Gasteiger charge is 2.50. The van der Waals surface area contributed by atoms with Gasteiger partial charge in [0.2, 0.25) is 0 Å². The van der Waals surface area contributed by atoms with E-state index in [-0.39, 0.29) is 18.4 Å². The second kappa shape index (κ2) is 5.01. The van der Waals surface area contributed by atoms with E-state index in [1.165, 1.54) is 4.90 Å². The van der Waals surface area contributed by atoms with Gasteiger partial charge in [-0.25, -0.2) is 0 Å². The molecule has 3 aromatic rings. The molecule has 3 aromatic carbocycles. The molecule has 1 atom stereocenters. The van der Waals surface area contributed by atoms with Crippen LogP contribution in [0, 0.1) is 0 Å². The number of benzene rings is 3. The molecule has 122 valence electrons. The van der Waals surface area contributed by atoms with Crippen molar-refractivity contribution >= 4 is 22.6 Å². The number of ether oxygens (including phenoxy) is 1. The van der Waals surface area contributed by atoms with Gasteiger partial charge < -0.3 is 4.74 Å². The molecule has 0 bridgehead atoms. The summed E-state index contributed by atoms with van der Waals surface area (Å²) in [6.07, 6.45) is 0. The first-order valence-electron chi connectivity index (χ1n) is 8.27. The Balaban J connectivity index is 1.59. The number of hydrogen-bond acceptors (Lipinski definition) is 3.